The van der Waals surface area contributed by atoms with Crippen molar-refractivity contribution in [2.45, 2.75) is 81.2 Å². The minimum atomic E-state index is -1.68. The van der Waals surface area contributed by atoms with Crippen LogP contribution in [0.2, 0.25) is 10.0 Å². The molecule has 2 aliphatic carbocycles. The van der Waals surface area contributed by atoms with Crippen molar-refractivity contribution in [3.63, 3.8) is 0 Å². The van der Waals surface area contributed by atoms with E-state index < -0.39 is 17.4 Å². The van der Waals surface area contributed by atoms with Crippen LogP contribution in [0.1, 0.15) is 85.7 Å². The van der Waals surface area contributed by atoms with Crippen LogP contribution in [-0.2, 0) is 29.0 Å². The maximum absolute atomic E-state index is 13.7. The summed E-state index contributed by atoms with van der Waals surface area (Å²) in [4.78, 5) is 13.8. The lowest BCUT2D eigenvalue weighted by molar-refractivity contribution is -0.122. The van der Waals surface area contributed by atoms with Gasteiger partial charge in [0.05, 0.1) is 39.9 Å². The summed E-state index contributed by atoms with van der Waals surface area (Å²) < 4.78 is 29.9. The molecule has 0 saturated heterocycles. The molecule has 3 N–H and O–H groups in total. The van der Waals surface area contributed by atoms with Crippen molar-refractivity contribution in [2.24, 2.45) is 5.92 Å². The Morgan fingerprint density at radius 3 is 2.53 bits per heavy atom. The van der Waals surface area contributed by atoms with Gasteiger partial charge in [0.2, 0.25) is 5.91 Å². The SMILES string of the molecule is O=C(CC(N[S+]([O-])c1ccc(Cl)c(Cl)c1)c1ccc(F)cc1)NC1CCCc2cc(CCCNCC3CCCC3)ccc21. The lowest BCUT2D eigenvalue weighted by atomic mass is 9.86. The first kappa shape index (κ1) is 32.3. The molecular weight excluding hydrogens is 604 g/mol. The molecule has 0 bridgehead atoms. The number of halogens is 3. The van der Waals surface area contributed by atoms with Gasteiger partial charge in [-0.2, -0.15) is 0 Å². The van der Waals surface area contributed by atoms with Crippen molar-refractivity contribution in [3.05, 3.63) is 98.8 Å². The Morgan fingerprint density at radius 2 is 1.77 bits per heavy atom. The standard InChI is InChI=1S/C34H40Cl2FN3O2S/c35-30-17-15-28(20-31(30)36)43(42)40-33(25-11-13-27(37)14-12-25)21-34(41)39-32-9-3-8-26-19-23(10-16-29(26)32)7-4-18-38-22-24-5-1-2-6-24/h10-17,19-20,24,32-33,38,40H,1-9,18,21-22H2,(H,39,41). The Hall–Kier alpha value is -2.13. The summed E-state index contributed by atoms with van der Waals surface area (Å²) in [5.74, 6) is 0.321. The van der Waals surface area contributed by atoms with Gasteiger partial charge in [0.25, 0.3) is 0 Å². The van der Waals surface area contributed by atoms with E-state index in [1.165, 1.54) is 60.6 Å². The van der Waals surface area contributed by atoms with Crippen molar-refractivity contribution in [1.29, 1.82) is 0 Å². The Balaban J connectivity index is 1.19. The van der Waals surface area contributed by atoms with Gasteiger partial charge in [-0.3, -0.25) is 4.79 Å². The van der Waals surface area contributed by atoms with Gasteiger partial charge in [-0.05, 0) is 110 Å². The maximum atomic E-state index is 13.7. The second-order valence-electron chi connectivity index (χ2n) is 11.8. The highest BCUT2D eigenvalue weighted by Crippen LogP contribution is 2.32. The molecule has 5 nitrogen and oxygen atoms in total. The molecule has 230 valence electrons. The second-order valence-corrected chi connectivity index (χ2v) is 13.8. The Bertz CT molecular complexity index is 1370. The first-order chi connectivity index (χ1) is 20.9. The fourth-order valence-electron chi connectivity index (χ4n) is 6.26. The van der Waals surface area contributed by atoms with Crippen molar-refractivity contribution >= 4 is 40.5 Å². The minimum Gasteiger partial charge on any atom is -0.593 e. The number of nitrogens with one attached hydrogen (secondary N) is 3. The second kappa shape index (κ2) is 15.7. The topological polar surface area (TPSA) is 76.2 Å². The van der Waals surface area contributed by atoms with Crippen LogP contribution < -0.4 is 15.4 Å². The van der Waals surface area contributed by atoms with Gasteiger partial charge in [-0.15, -0.1) is 4.72 Å². The zero-order valence-electron chi connectivity index (χ0n) is 24.3. The first-order valence-electron chi connectivity index (χ1n) is 15.4. The van der Waals surface area contributed by atoms with Crippen molar-refractivity contribution < 1.29 is 13.7 Å². The third-order valence-electron chi connectivity index (χ3n) is 8.60. The molecule has 5 rings (SSSR count). The van der Waals surface area contributed by atoms with E-state index in [2.05, 4.69) is 33.6 Å². The Morgan fingerprint density at radius 1 is 0.977 bits per heavy atom. The fraction of sp³-hybridized carbons (Fsp3) is 0.441. The fourth-order valence-corrected chi connectivity index (χ4v) is 7.66. The normalized spacial score (nSPS) is 18.3. The van der Waals surface area contributed by atoms with Gasteiger partial charge in [-0.1, -0.05) is 66.4 Å². The summed E-state index contributed by atoms with van der Waals surface area (Å²) in [6.07, 6.45) is 10.6. The summed E-state index contributed by atoms with van der Waals surface area (Å²) in [6.45, 7) is 2.19. The van der Waals surface area contributed by atoms with Crippen LogP contribution in [0.15, 0.2) is 65.6 Å². The zero-order valence-corrected chi connectivity index (χ0v) is 26.7. The van der Waals surface area contributed by atoms with Crippen LogP contribution in [0.25, 0.3) is 0 Å². The average Bonchev–Trinajstić information content (AvgIpc) is 3.52. The van der Waals surface area contributed by atoms with Crippen LogP contribution >= 0.6 is 23.2 Å². The van der Waals surface area contributed by atoms with Gasteiger partial charge >= 0.3 is 0 Å². The van der Waals surface area contributed by atoms with Crippen LogP contribution in [0.5, 0.6) is 0 Å². The van der Waals surface area contributed by atoms with Crippen molar-refractivity contribution in [1.82, 2.24) is 15.4 Å². The molecule has 43 heavy (non-hydrogen) atoms. The summed E-state index contributed by atoms with van der Waals surface area (Å²) in [6, 6.07) is 16.6. The molecule has 3 aromatic rings. The summed E-state index contributed by atoms with van der Waals surface area (Å²) >= 11 is 10.5. The number of hydrogen-bond acceptors (Lipinski definition) is 4. The summed E-state index contributed by atoms with van der Waals surface area (Å²) in [5.41, 5.74) is 4.49. The Kier molecular flexibility index (Phi) is 11.8. The molecule has 3 aromatic carbocycles. The lowest BCUT2D eigenvalue weighted by Crippen LogP contribution is -2.36. The van der Waals surface area contributed by atoms with E-state index in [1.54, 1.807) is 24.3 Å². The minimum absolute atomic E-state index is 0.0382. The smallest absolute Gasteiger partial charge is 0.222 e. The molecule has 0 aromatic heterocycles. The average molecular weight is 645 g/mol. The highest BCUT2D eigenvalue weighted by molar-refractivity contribution is 7.89. The van der Waals surface area contributed by atoms with E-state index >= 15 is 0 Å². The van der Waals surface area contributed by atoms with Crippen LogP contribution in [0, 0.1) is 11.7 Å². The molecule has 0 aliphatic heterocycles. The maximum Gasteiger partial charge on any atom is 0.222 e. The number of carbonyl (C=O) groups is 1. The number of hydrogen-bond donors (Lipinski definition) is 3. The molecule has 3 atom stereocenters. The first-order valence-corrected chi connectivity index (χ1v) is 17.3. The molecule has 0 radical (unpaired) electrons. The number of carbonyl (C=O) groups excluding carboxylic acids is 1. The van der Waals surface area contributed by atoms with E-state index in [0.717, 1.165) is 51.1 Å². The number of rotatable bonds is 13. The number of amides is 1. The van der Waals surface area contributed by atoms with Crippen molar-refractivity contribution in [3.8, 4) is 0 Å². The van der Waals surface area contributed by atoms with Crippen molar-refractivity contribution in [2.75, 3.05) is 13.1 Å². The molecule has 3 unspecified atom stereocenters. The Labute approximate surface area is 267 Å². The molecular formula is C34H40Cl2FN3O2S. The van der Waals surface area contributed by atoms with Gasteiger partial charge in [-0.25, -0.2) is 4.39 Å². The van der Waals surface area contributed by atoms with Crippen LogP contribution in [0.3, 0.4) is 0 Å². The van der Waals surface area contributed by atoms with Gasteiger partial charge < -0.3 is 15.2 Å². The largest absolute Gasteiger partial charge is 0.593 e. The van der Waals surface area contributed by atoms with Crippen LogP contribution in [0.4, 0.5) is 4.39 Å². The third kappa shape index (κ3) is 9.19. The molecule has 0 spiro atoms. The highest BCUT2D eigenvalue weighted by atomic mass is 35.5. The van der Waals surface area contributed by atoms with Gasteiger partial charge in [0.15, 0.2) is 4.90 Å². The highest BCUT2D eigenvalue weighted by Gasteiger charge is 2.27. The van der Waals surface area contributed by atoms with E-state index in [4.69, 9.17) is 23.2 Å². The quantitative estimate of drug-likeness (QED) is 0.131. The molecule has 2 aliphatic rings. The van der Waals surface area contributed by atoms with E-state index in [-0.39, 0.29) is 24.2 Å². The predicted octanol–water partition coefficient (Wildman–Crippen LogP) is 7.78. The number of benzene rings is 3. The van der Waals surface area contributed by atoms with Gasteiger partial charge in [0, 0.05) is 6.07 Å². The molecule has 9 heteroatoms. The van der Waals surface area contributed by atoms with E-state index in [1.807, 2.05) is 0 Å². The molecule has 0 heterocycles. The molecule has 1 fully saturated rings. The van der Waals surface area contributed by atoms with Crippen LogP contribution in [-0.4, -0.2) is 23.5 Å². The number of fused-ring (bicyclic) bond motifs is 1. The summed E-state index contributed by atoms with van der Waals surface area (Å²) in [5, 5.41) is 7.52. The van der Waals surface area contributed by atoms with Gasteiger partial charge in [0.1, 0.15) is 5.82 Å². The van der Waals surface area contributed by atoms with E-state index in [0.29, 0.717) is 20.5 Å². The van der Waals surface area contributed by atoms with E-state index in [9.17, 15) is 13.7 Å². The molecule has 1 saturated carbocycles. The summed E-state index contributed by atoms with van der Waals surface area (Å²) in [7, 11) is 0. The third-order valence-corrected chi connectivity index (χ3v) is 10.5. The lowest BCUT2D eigenvalue weighted by Gasteiger charge is -2.28. The monoisotopic (exact) mass is 643 g/mol. The zero-order chi connectivity index (χ0) is 30.2. The number of aryl methyl sites for hydroxylation is 2. The predicted molar refractivity (Wildman–Crippen MR) is 173 cm³/mol. The molecule has 1 amide bonds.